The van der Waals surface area contributed by atoms with Crippen LogP contribution in [0.2, 0.25) is 0 Å². The van der Waals surface area contributed by atoms with Gasteiger partial charge in [0, 0.05) is 43.8 Å². The van der Waals surface area contributed by atoms with E-state index in [2.05, 4.69) is 15.0 Å². The zero-order valence-electron chi connectivity index (χ0n) is 14.5. The van der Waals surface area contributed by atoms with Crippen LogP contribution < -0.4 is 0 Å². The lowest BCUT2D eigenvalue weighted by Crippen LogP contribution is -2.40. The Hall–Kier alpha value is -3.02. The lowest BCUT2D eigenvalue weighted by Gasteiger charge is -2.33. The number of aromatic nitrogens is 4. The monoisotopic (exact) mass is 347 g/mol. The van der Waals surface area contributed by atoms with Gasteiger partial charge in [0.15, 0.2) is 5.82 Å². The number of hydrogen-bond donors (Lipinski definition) is 0. The van der Waals surface area contributed by atoms with Crippen LogP contribution in [0.15, 0.2) is 61.4 Å². The summed E-state index contributed by atoms with van der Waals surface area (Å²) < 4.78 is 1.88. The predicted molar refractivity (Wildman–Crippen MR) is 97.9 cm³/mol. The fourth-order valence-corrected chi connectivity index (χ4v) is 3.52. The Bertz CT molecular complexity index is 863. The second-order valence-corrected chi connectivity index (χ2v) is 6.58. The molecule has 1 aromatic carbocycles. The molecule has 2 aromatic heterocycles. The van der Waals surface area contributed by atoms with Crippen molar-refractivity contribution in [2.24, 2.45) is 0 Å². The predicted octanol–water partition coefficient (Wildman–Crippen LogP) is 2.61. The summed E-state index contributed by atoms with van der Waals surface area (Å²) >= 11 is 0. The molecule has 0 spiro atoms. The highest BCUT2D eigenvalue weighted by Gasteiger charge is 2.28. The zero-order valence-corrected chi connectivity index (χ0v) is 14.5. The van der Waals surface area contributed by atoms with Crippen molar-refractivity contribution in [3.63, 3.8) is 0 Å². The van der Waals surface area contributed by atoms with E-state index in [0.717, 1.165) is 36.5 Å². The van der Waals surface area contributed by atoms with Gasteiger partial charge in [0.25, 0.3) is 0 Å². The molecule has 4 rings (SSSR count). The molecular weight excluding hydrogens is 326 g/mol. The molecule has 1 aliphatic rings. The molecule has 132 valence electrons. The molecular formula is C20H21N5O. The third-order valence-corrected chi connectivity index (χ3v) is 4.81. The van der Waals surface area contributed by atoms with E-state index in [1.807, 2.05) is 46.0 Å². The minimum absolute atomic E-state index is 0.175. The molecule has 1 saturated heterocycles. The summed E-state index contributed by atoms with van der Waals surface area (Å²) in [4.78, 5) is 27.9. The van der Waals surface area contributed by atoms with Crippen LogP contribution in [0, 0.1) is 0 Å². The average molecular weight is 347 g/mol. The van der Waals surface area contributed by atoms with Gasteiger partial charge in [-0.25, -0.2) is 9.97 Å². The number of hydrogen-bond acceptors (Lipinski definition) is 4. The molecule has 3 aromatic rings. The van der Waals surface area contributed by atoms with Crippen LogP contribution in [0.1, 0.15) is 30.0 Å². The van der Waals surface area contributed by atoms with Gasteiger partial charge in [0.2, 0.25) is 5.91 Å². The topological polar surface area (TPSA) is 63.9 Å². The van der Waals surface area contributed by atoms with Gasteiger partial charge in [-0.3, -0.25) is 14.3 Å². The molecule has 0 radical (unpaired) electrons. The van der Waals surface area contributed by atoms with E-state index < -0.39 is 0 Å². The van der Waals surface area contributed by atoms with Gasteiger partial charge >= 0.3 is 0 Å². The smallest absolute Gasteiger partial charge is 0.227 e. The number of carbonyl (C=O) groups excluding carboxylic acids is 1. The van der Waals surface area contributed by atoms with Crippen molar-refractivity contribution in [2.45, 2.75) is 25.2 Å². The molecule has 6 heteroatoms. The lowest BCUT2D eigenvalue weighted by molar-refractivity contribution is -0.131. The van der Waals surface area contributed by atoms with Crippen molar-refractivity contribution >= 4 is 5.91 Å². The number of nitrogens with zero attached hydrogens (tertiary/aromatic N) is 5. The van der Waals surface area contributed by atoms with E-state index in [-0.39, 0.29) is 11.8 Å². The third kappa shape index (κ3) is 3.49. The number of amides is 1. The first kappa shape index (κ1) is 16.4. The fourth-order valence-electron chi connectivity index (χ4n) is 3.52. The molecule has 0 bridgehead atoms. The van der Waals surface area contributed by atoms with E-state index in [9.17, 15) is 4.79 Å². The maximum Gasteiger partial charge on any atom is 0.227 e. The molecule has 1 aliphatic heterocycles. The highest BCUT2D eigenvalue weighted by Crippen LogP contribution is 2.28. The van der Waals surface area contributed by atoms with E-state index in [0.29, 0.717) is 13.0 Å². The van der Waals surface area contributed by atoms with E-state index in [1.54, 1.807) is 24.9 Å². The van der Waals surface area contributed by atoms with Crippen molar-refractivity contribution in [3.8, 4) is 5.82 Å². The molecule has 0 unspecified atom stereocenters. The minimum Gasteiger partial charge on any atom is -0.342 e. The SMILES string of the molecule is O=C(Cc1ccccc1)N1CCC[C@H](c2nccnc2-n2ccnc2)C1. The summed E-state index contributed by atoms with van der Waals surface area (Å²) in [6, 6.07) is 9.91. The zero-order chi connectivity index (χ0) is 17.8. The molecule has 1 amide bonds. The van der Waals surface area contributed by atoms with Gasteiger partial charge in [-0.05, 0) is 18.4 Å². The summed E-state index contributed by atoms with van der Waals surface area (Å²) in [7, 11) is 0. The van der Waals surface area contributed by atoms with Gasteiger partial charge in [-0.1, -0.05) is 30.3 Å². The van der Waals surface area contributed by atoms with Crippen LogP contribution in [0.25, 0.3) is 5.82 Å². The Morgan fingerprint density at radius 1 is 1.12 bits per heavy atom. The number of carbonyl (C=O) groups is 1. The first-order valence-electron chi connectivity index (χ1n) is 8.92. The van der Waals surface area contributed by atoms with E-state index in [1.165, 1.54) is 0 Å². The number of likely N-dealkylation sites (tertiary alicyclic amines) is 1. The second kappa shape index (κ2) is 7.47. The number of imidazole rings is 1. The van der Waals surface area contributed by atoms with E-state index >= 15 is 0 Å². The standard InChI is InChI=1S/C20H21N5O/c26-18(13-16-5-2-1-3-6-16)24-11-4-7-17(14-24)19-20(23-9-8-22-19)25-12-10-21-15-25/h1-3,5-6,8-10,12,15,17H,4,7,11,13-14H2/t17-/m0/s1. The summed E-state index contributed by atoms with van der Waals surface area (Å²) in [5.41, 5.74) is 1.99. The maximum absolute atomic E-state index is 12.7. The van der Waals surface area contributed by atoms with Crippen molar-refractivity contribution in [2.75, 3.05) is 13.1 Å². The Kier molecular flexibility index (Phi) is 4.73. The van der Waals surface area contributed by atoms with Crippen molar-refractivity contribution in [1.82, 2.24) is 24.4 Å². The van der Waals surface area contributed by atoms with Crippen LogP contribution in [-0.2, 0) is 11.2 Å². The highest BCUT2D eigenvalue weighted by atomic mass is 16.2. The van der Waals surface area contributed by atoms with Crippen LogP contribution in [0.3, 0.4) is 0 Å². The van der Waals surface area contributed by atoms with Crippen LogP contribution in [-0.4, -0.2) is 43.4 Å². The van der Waals surface area contributed by atoms with Gasteiger partial charge < -0.3 is 4.90 Å². The number of piperidine rings is 1. The van der Waals surface area contributed by atoms with Gasteiger partial charge in [-0.15, -0.1) is 0 Å². The summed E-state index contributed by atoms with van der Waals surface area (Å²) in [5, 5.41) is 0. The summed E-state index contributed by atoms with van der Waals surface area (Å²) in [5.74, 6) is 1.16. The van der Waals surface area contributed by atoms with Crippen molar-refractivity contribution in [1.29, 1.82) is 0 Å². The second-order valence-electron chi connectivity index (χ2n) is 6.58. The lowest BCUT2D eigenvalue weighted by atomic mass is 9.93. The molecule has 0 aliphatic carbocycles. The quantitative estimate of drug-likeness (QED) is 0.728. The first-order chi connectivity index (χ1) is 12.8. The fraction of sp³-hybridized carbons (Fsp3) is 0.300. The average Bonchev–Trinajstić information content (AvgIpc) is 3.23. The third-order valence-electron chi connectivity index (χ3n) is 4.81. The van der Waals surface area contributed by atoms with Crippen molar-refractivity contribution in [3.05, 3.63) is 72.7 Å². The Balaban J connectivity index is 1.52. The number of rotatable bonds is 4. The van der Waals surface area contributed by atoms with E-state index in [4.69, 9.17) is 0 Å². The van der Waals surface area contributed by atoms with Gasteiger partial charge in [0.1, 0.15) is 6.33 Å². The van der Waals surface area contributed by atoms with Crippen LogP contribution in [0.4, 0.5) is 0 Å². The molecule has 0 N–H and O–H groups in total. The van der Waals surface area contributed by atoms with Crippen molar-refractivity contribution < 1.29 is 4.79 Å². The molecule has 1 fully saturated rings. The largest absolute Gasteiger partial charge is 0.342 e. The Labute approximate surface area is 152 Å². The molecule has 26 heavy (non-hydrogen) atoms. The van der Waals surface area contributed by atoms with Gasteiger partial charge in [-0.2, -0.15) is 0 Å². The maximum atomic E-state index is 12.7. The summed E-state index contributed by atoms with van der Waals surface area (Å²) in [6.07, 6.45) is 11.2. The molecule has 6 nitrogen and oxygen atoms in total. The van der Waals surface area contributed by atoms with Gasteiger partial charge in [0.05, 0.1) is 12.1 Å². The highest BCUT2D eigenvalue weighted by molar-refractivity contribution is 5.79. The summed E-state index contributed by atoms with van der Waals surface area (Å²) in [6.45, 7) is 1.49. The first-order valence-corrected chi connectivity index (χ1v) is 8.92. The number of benzene rings is 1. The van der Waals surface area contributed by atoms with Crippen LogP contribution in [0.5, 0.6) is 0 Å². The molecule has 3 heterocycles. The Morgan fingerprint density at radius 2 is 1.96 bits per heavy atom. The minimum atomic E-state index is 0.175. The van der Waals surface area contributed by atoms with Crippen LogP contribution >= 0.6 is 0 Å². The normalized spacial score (nSPS) is 17.2. The Morgan fingerprint density at radius 3 is 2.77 bits per heavy atom. The molecule has 0 saturated carbocycles. The molecule has 1 atom stereocenters.